The van der Waals surface area contributed by atoms with Gasteiger partial charge in [-0.2, -0.15) is 13.2 Å². The third-order valence-electron chi connectivity index (χ3n) is 5.91. The van der Waals surface area contributed by atoms with E-state index in [1.165, 1.54) is 6.20 Å². The number of halogens is 4. The van der Waals surface area contributed by atoms with E-state index in [0.29, 0.717) is 25.1 Å². The predicted molar refractivity (Wildman–Crippen MR) is 94.9 cm³/mol. The third-order valence-corrected chi connectivity index (χ3v) is 5.91. The van der Waals surface area contributed by atoms with E-state index in [0.717, 1.165) is 6.07 Å². The van der Waals surface area contributed by atoms with Gasteiger partial charge >= 0.3 is 6.18 Å². The summed E-state index contributed by atoms with van der Waals surface area (Å²) in [7, 11) is 0. The average Bonchev–Trinajstić information content (AvgIpc) is 3.23. The average molecular weight is 398 g/mol. The van der Waals surface area contributed by atoms with E-state index >= 15 is 0 Å². The van der Waals surface area contributed by atoms with Crippen molar-refractivity contribution in [2.24, 2.45) is 11.8 Å². The third kappa shape index (κ3) is 3.05. The van der Waals surface area contributed by atoms with Gasteiger partial charge in [0.1, 0.15) is 23.4 Å². The van der Waals surface area contributed by atoms with Crippen molar-refractivity contribution in [1.82, 2.24) is 14.5 Å². The van der Waals surface area contributed by atoms with Gasteiger partial charge in [-0.15, -0.1) is 0 Å². The van der Waals surface area contributed by atoms with E-state index < -0.39 is 29.3 Å². The van der Waals surface area contributed by atoms with Gasteiger partial charge in [-0.1, -0.05) is 13.8 Å². The van der Waals surface area contributed by atoms with Crippen LogP contribution in [0.4, 0.5) is 23.4 Å². The minimum atomic E-state index is -4.64. The first kappa shape index (κ1) is 19.2. The second kappa shape index (κ2) is 6.17. The van der Waals surface area contributed by atoms with Crippen molar-refractivity contribution >= 4 is 5.82 Å². The van der Waals surface area contributed by atoms with E-state index in [1.54, 1.807) is 10.8 Å². The molecule has 0 aromatic carbocycles. The van der Waals surface area contributed by atoms with Gasteiger partial charge in [-0.05, 0) is 30.7 Å². The standard InChI is InChI=1S/C19H22F4N4O/c1-9(2)15(28)17-26-13(8-27(17)14-6-18(20)4-11(14)5-18)10-3-12(19(21,22)23)16(24)25-7-10/h3,7-9,11,14-15,28H,4-6H2,1-2H3,(H2,24,25)/t11?,14?,15-,18?/m1/s1. The molecule has 9 heteroatoms. The highest BCUT2D eigenvalue weighted by Gasteiger charge is 2.58. The molecule has 2 aromatic heterocycles. The fraction of sp³-hybridized carbons (Fsp3) is 0.579. The maximum atomic E-state index is 14.4. The molecule has 3 N–H and O–H groups in total. The molecule has 0 spiro atoms. The van der Waals surface area contributed by atoms with Crippen LogP contribution >= 0.6 is 0 Å². The molecule has 5 rings (SSSR count). The van der Waals surface area contributed by atoms with E-state index in [1.807, 2.05) is 13.8 Å². The molecule has 2 aromatic rings. The lowest BCUT2D eigenvalue weighted by Crippen LogP contribution is -2.30. The number of alkyl halides is 4. The second-order valence-corrected chi connectivity index (χ2v) is 8.33. The summed E-state index contributed by atoms with van der Waals surface area (Å²) in [4.78, 5) is 8.08. The van der Waals surface area contributed by atoms with Gasteiger partial charge in [0.15, 0.2) is 0 Å². The quantitative estimate of drug-likeness (QED) is 0.753. The SMILES string of the molecule is CC(C)[C@@H](O)c1nc(-c2cnc(N)c(C(F)(F)F)c2)cn1C1CC2(F)CC1C2. The van der Waals surface area contributed by atoms with Crippen molar-refractivity contribution in [3.63, 3.8) is 0 Å². The van der Waals surface area contributed by atoms with Gasteiger partial charge < -0.3 is 15.4 Å². The van der Waals surface area contributed by atoms with Crippen LogP contribution in [-0.2, 0) is 6.18 Å². The predicted octanol–water partition coefficient (Wildman–Crippen LogP) is 4.30. The van der Waals surface area contributed by atoms with Crippen LogP contribution < -0.4 is 5.73 Å². The van der Waals surface area contributed by atoms with E-state index in [2.05, 4.69) is 9.97 Å². The van der Waals surface area contributed by atoms with Crippen LogP contribution in [0.3, 0.4) is 0 Å². The normalized spacial score (nSPS) is 27.9. The maximum Gasteiger partial charge on any atom is 0.419 e. The molecule has 3 saturated carbocycles. The van der Waals surface area contributed by atoms with Crippen LogP contribution in [0.2, 0.25) is 0 Å². The Morgan fingerprint density at radius 1 is 1.29 bits per heavy atom. The van der Waals surface area contributed by atoms with E-state index in [4.69, 9.17) is 5.73 Å². The Bertz CT molecular complexity index is 902. The van der Waals surface area contributed by atoms with Crippen LogP contribution in [0.1, 0.15) is 56.6 Å². The molecule has 2 atom stereocenters. The van der Waals surface area contributed by atoms with E-state index in [9.17, 15) is 22.7 Å². The minimum Gasteiger partial charge on any atom is -0.385 e. The Balaban J connectivity index is 1.78. The molecule has 28 heavy (non-hydrogen) atoms. The zero-order valence-corrected chi connectivity index (χ0v) is 15.5. The van der Waals surface area contributed by atoms with Crippen molar-refractivity contribution < 1.29 is 22.7 Å². The van der Waals surface area contributed by atoms with Crippen LogP contribution in [-0.4, -0.2) is 25.3 Å². The largest absolute Gasteiger partial charge is 0.419 e. The van der Waals surface area contributed by atoms with Crippen LogP contribution in [0.5, 0.6) is 0 Å². The summed E-state index contributed by atoms with van der Waals surface area (Å²) in [5.41, 5.74) is 3.58. The fourth-order valence-corrected chi connectivity index (χ4v) is 4.36. The lowest BCUT2D eigenvalue weighted by Gasteiger charge is -2.30. The molecule has 0 aliphatic heterocycles. The Labute approximate surface area is 159 Å². The summed E-state index contributed by atoms with van der Waals surface area (Å²) >= 11 is 0. The molecule has 3 aliphatic rings. The molecule has 0 saturated heterocycles. The van der Waals surface area contributed by atoms with E-state index in [-0.39, 0.29) is 29.1 Å². The number of hydrogen-bond donors (Lipinski definition) is 2. The Morgan fingerprint density at radius 3 is 2.50 bits per heavy atom. The second-order valence-electron chi connectivity index (χ2n) is 8.33. The van der Waals surface area contributed by atoms with Gasteiger partial charge in [-0.3, -0.25) is 0 Å². The van der Waals surface area contributed by atoms with Gasteiger partial charge in [0.05, 0.1) is 11.3 Å². The number of aromatic nitrogens is 3. The number of nitrogens with zero attached hydrogens (tertiary/aromatic N) is 3. The summed E-state index contributed by atoms with van der Waals surface area (Å²) in [6, 6.07) is 0.754. The van der Waals surface area contributed by atoms with Crippen molar-refractivity contribution in [1.29, 1.82) is 0 Å². The fourth-order valence-electron chi connectivity index (χ4n) is 4.36. The highest BCUT2D eigenvalue weighted by molar-refractivity contribution is 5.62. The first-order valence-electron chi connectivity index (χ1n) is 9.27. The zero-order chi connectivity index (χ0) is 20.4. The molecule has 2 heterocycles. The zero-order valence-electron chi connectivity index (χ0n) is 15.5. The molecule has 0 radical (unpaired) electrons. The number of nitrogen functional groups attached to an aromatic ring is 1. The Hall–Kier alpha value is -2.16. The van der Waals surface area contributed by atoms with Gasteiger partial charge in [0.2, 0.25) is 0 Å². The maximum absolute atomic E-state index is 14.4. The number of imidazole rings is 1. The van der Waals surface area contributed by atoms with Crippen molar-refractivity contribution in [3.8, 4) is 11.3 Å². The van der Waals surface area contributed by atoms with Gasteiger partial charge in [-0.25, -0.2) is 14.4 Å². The minimum absolute atomic E-state index is 0.151. The number of rotatable bonds is 4. The molecule has 0 amide bonds. The first-order valence-corrected chi connectivity index (χ1v) is 9.27. The molecule has 3 fully saturated rings. The van der Waals surface area contributed by atoms with Gasteiger partial charge in [0.25, 0.3) is 0 Å². The number of hydrogen-bond acceptors (Lipinski definition) is 4. The number of anilines is 1. The summed E-state index contributed by atoms with van der Waals surface area (Å²) in [5.74, 6) is -0.258. The molecular formula is C19H22F4N4O. The van der Waals surface area contributed by atoms with Crippen LogP contribution in [0, 0.1) is 11.8 Å². The lowest BCUT2D eigenvalue weighted by atomic mass is 9.81. The monoisotopic (exact) mass is 398 g/mol. The van der Waals surface area contributed by atoms with Gasteiger partial charge in [0, 0.05) is 30.4 Å². The number of pyridine rings is 1. The molecular weight excluding hydrogens is 376 g/mol. The molecule has 2 bridgehead atoms. The number of nitrogens with two attached hydrogens (primary N) is 1. The topological polar surface area (TPSA) is 77.0 Å². The molecule has 1 unspecified atom stereocenters. The summed E-state index contributed by atoms with van der Waals surface area (Å²) in [6.45, 7) is 3.64. The Morgan fingerprint density at radius 2 is 1.96 bits per heavy atom. The summed E-state index contributed by atoms with van der Waals surface area (Å²) < 4.78 is 55.7. The highest BCUT2D eigenvalue weighted by Crippen LogP contribution is 2.60. The highest BCUT2D eigenvalue weighted by atomic mass is 19.4. The molecule has 5 nitrogen and oxygen atoms in total. The van der Waals surface area contributed by atoms with Crippen molar-refractivity contribution in [3.05, 3.63) is 29.8 Å². The molecule has 152 valence electrons. The number of aliphatic hydroxyl groups excluding tert-OH is 1. The lowest BCUT2D eigenvalue weighted by molar-refractivity contribution is -0.137. The molecule has 3 aliphatic carbocycles. The number of aliphatic hydroxyl groups is 1. The van der Waals surface area contributed by atoms with Crippen LogP contribution in [0.15, 0.2) is 18.5 Å². The van der Waals surface area contributed by atoms with Crippen molar-refractivity contribution in [2.75, 3.05) is 5.73 Å². The summed E-state index contributed by atoms with van der Waals surface area (Å²) in [5, 5.41) is 10.6. The smallest absolute Gasteiger partial charge is 0.385 e. The first-order chi connectivity index (χ1) is 13.0. The Kier molecular flexibility index (Phi) is 4.22. The summed E-state index contributed by atoms with van der Waals surface area (Å²) in [6.07, 6.45) is -1.43. The van der Waals surface area contributed by atoms with Crippen LogP contribution in [0.25, 0.3) is 11.3 Å². The van der Waals surface area contributed by atoms with Crippen molar-refractivity contribution in [2.45, 2.75) is 57.1 Å². The number of fused-ring (bicyclic) bond motifs is 1.